The SMILES string of the molecule is CN(C)c1ccc(N=C(c2ccccc2)c2c(O)[nH]c3ccc(N)cc23)cc1. The van der Waals surface area contributed by atoms with Gasteiger partial charge in [0.2, 0.25) is 0 Å². The van der Waals surface area contributed by atoms with Crippen LogP contribution in [0.3, 0.4) is 0 Å². The van der Waals surface area contributed by atoms with Crippen molar-refractivity contribution in [2.24, 2.45) is 4.99 Å². The van der Waals surface area contributed by atoms with Gasteiger partial charge in [0.05, 0.1) is 17.0 Å². The number of anilines is 2. The van der Waals surface area contributed by atoms with Crippen LogP contribution in [0, 0.1) is 0 Å². The highest BCUT2D eigenvalue weighted by Crippen LogP contribution is 2.32. The van der Waals surface area contributed by atoms with Gasteiger partial charge in [-0.25, -0.2) is 4.99 Å². The molecule has 0 atom stereocenters. The van der Waals surface area contributed by atoms with Crippen LogP contribution in [-0.2, 0) is 0 Å². The summed E-state index contributed by atoms with van der Waals surface area (Å²) in [5.41, 5.74) is 11.6. The first-order chi connectivity index (χ1) is 13.5. The molecule has 3 aromatic carbocycles. The molecule has 28 heavy (non-hydrogen) atoms. The van der Waals surface area contributed by atoms with Gasteiger partial charge in [-0.1, -0.05) is 30.3 Å². The second-order valence-corrected chi connectivity index (χ2v) is 6.89. The lowest BCUT2D eigenvalue weighted by molar-refractivity contribution is 0.457. The van der Waals surface area contributed by atoms with Crippen LogP contribution < -0.4 is 10.6 Å². The van der Waals surface area contributed by atoms with Gasteiger partial charge in [-0.2, -0.15) is 0 Å². The molecule has 1 heterocycles. The van der Waals surface area contributed by atoms with Gasteiger partial charge in [0.15, 0.2) is 5.88 Å². The molecule has 0 unspecified atom stereocenters. The van der Waals surface area contributed by atoms with E-state index in [0.29, 0.717) is 17.0 Å². The molecule has 0 radical (unpaired) electrons. The van der Waals surface area contributed by atoms with Crippen LogP contribution in [-0.4, -0.2) is 29.9 Å². The van der Waals surface area contributed by atoms with Crippen molar-refractivity contribution in [1.29, 1.82) is 0 Å². The minimum atomic E-state index is 0.0770. The highest BCUT2D eigenvalue weighted by Gasteiger charge is 2.18. The number of fused-ring (bicyclic) bond motifs is 1. The molecule has 1 aromatic heterocycles. The fraction of sp³-hybridized carbons (Fsp3) is 0.0870. The quantitative estimate of drug-likeness (QED) is 0.360. The number of nitrogens with two attached hydrogens (primary N) is 1. The summed E-state index contributed by atoms with van der Waals surface area (Å²) in [6.07, 6.45) is 0. The Morgan fingerprint density at radius 3 is 2.36 bits per heavy atom. The minimum absolute atomic E-state index is 0.0770. The van der Waals surface area contributed by atoms with E-state index in [1.54, 1.807) is 6.07 Å². The van der Waals surface area contributed by atoms with Crippen LogP contribution in [0.4, 0.5) is 17.1 Å². The third-order valence-corrected chi connectivity index (χ3v) is 4.69. The van der Waals surface area contributed by atoms with Gasteiger partial charge < -0.3 is 20.7 Å². The zero-order valence-electron chi connectivity index (χ0n) is 15.8. The Bertz CT molecular complexity index is 1140. The molecule has 4 aromatic rings. The molecule has 0 spiro atoms. The average Bonchev–Trinajstić information content (AvgIpc) is 3.02. The first-order valence-electron chi connectivity index (χ1n) is 9.05. The Morgan fingerprint density at radius 1 is 0.964 bits per heavy atom. The summed E-state index contributed by atoms with van der Waals surface area (Å²) in [5.74, 6) is 0.0770. The third-order valence-electron chi connectivity index (χ3n) is 4.69. The highest BCUT2D eigenvalue weighted by molar-refractivity contribution is 6.22. The lowest BCUT2D eigenvalue weighted by atomic mass is 10.0. The number of benzene rings is 3. The van der Waals surface area contributed by atoms with Crippen molar-refractivity contribution in [2.45, 2.75) is 0 Å². The van der Waals surface area contributed by atoms with Gasteiger partial charge in [-0.15, -0.1) is 0 Å². The maximum atomic E-state index is 10.7. The maximum absolute atomic E-state index is 10.7. The molecule has 0 saturated heterocycles. The molecule has 0 amide bonds. The molecule has 0 fully saturated rings. The molecule has 4 N–H and O–H groups in total. The van der Waals surface area contributed by atoms with E-state index in [-0.39, 0.29) is 5.88 Å². The van der Waals surface area contributed by atoms with Crippen molar-refractivity contribution in [3.8, 4) is 5.88 Å². The number of aliphatic imine (C=N–C) groups is 1. The largest absolute Gasteiger partial charge is 0.494 e. The first-order valence-corrected chi connectivity index (χ1v) is 9.05. The first kappa shape index (κ1) is 17.7. The van der Waals surface area contributed by atoms with E-state index in [1.165, 1.54) is 0 Å². The number of rotatable bonds is 4. The lowest BCUT2D eigenvalue weighted by Crippen LogP contribution is -2.07. The van der Waals surface area contributed by atoms with Gasteiger partial charge in [-0.3, -0.25) is 0 Å². The van der Waals surface area contributed by atoms with Crippen molar-refractivity contribution in [3.63, 3.8) is 0 Å². The van der Waals surface area contributed by atoms with E-state index >= 15 is 0 Å². The Kier molecular flexibility index (Phi) is 4.49. The number of nitrogens with zero attached hydrogens (tertiary/aromatic N) is 2. The number of H-pyrrole nitrogens is 1. The monoisotopic (exact) mass is 370 g/mol. The highest BCUT2D eigenvalue weighted by atomic mass is 16.3. The second-order valence-electron chi connectivity index (χ2n) is 6.89. The molecule has 0 aliphatic carbocycles. The summed E-state index contributed by atoms with van der Waals surface area (Å²) in [6, 6.07) is 23.4. The number of nitrogens with one attached hydrogen (secondary N) is 1. The molecule has 5 nitrogen and oxygen atoms in total. The maximum Gasteiger partial charge on any atom is 0.199 e. The minimum Gasteiger partial charge on any atom is -0.494 e. The Balaban J connectivity index is 1.93. The number of hydrogen-bond donors (Lipinski definition) is 3. The molecule has 4 rings (SSSR count). The third kappa shape index (κ3) is 3.30. The summed E-state index contributed by atoms with van der Waals surface area (Å²) in [6.45, 7) is 0. The molecule has 0 bridgehead atoms. The second kappa shape index (κ2) is 7.12. The predicted octanol–water partition coefficient (Wildman–Crippen LogP) is 4.69. The van der Waals surface area contributed by atoms with Crippen molar-refractivity contribution in [1.82, 2.24) is 4.98 Å². The fourth-order valence-electron chi connectivity index (χ4n) is 3.25. The van der Waals surface area contributed by atoms with Gasteiger partial charge in [0.1, 0.15) is 0 Å². The molecule has 0 aliphatic rings. The summed E-state index contributed by atoms with van der Waals surface area (Å²) in [5, 5.41) is 11.5. The smallest absolute Gasteiger partial charge is 0.199 e. The standard InChI is InChI=1S/C23H22N4O/c1-27(2)18-11-9-17(10-12-18)25-22(15-6-4-3-5-7-15)21-19-14-16(24)8-13-20(19)26-23(21)28/h3-14,26,28H,24H2,1-2H3. The predicted molar refractivity (Wildman–Crippen MR) is 117 cm³/mol. The molecule has 0 saturated carbocycles. The number of nitrogen functional groups attached to an aromatic ring is 1. The van der Waals surface area contributed by atoms with Crippen LogP contribution in [0.15, 0.2) is 77.8 Å². The van der Waals surface area contributed by atoms with E-state index in [9.17, 15) is 5.11 Å². The van der Waals surface area contributed by atoms with Crippen LogP contribution in [0.25, 0.3) is 10.9 Å². The van der Waals surface area contributed by atoms with Gasteiger partial charge in [0.25, 0.3) is 0 Å². The van der Waals surface area contributed by atoms with E-state index in [0.717, 1.165) is 27.8 Å². The van der Waals surface area contributed by atoms with E-state index in [2.05, 4.69) is 4.98 Å². The number of aromatic hydroxyl groups is 1. The van der Waals surface area contributed by atoms with E-state index in [4.69, 9.17) is 10.7 Å². The van der Waals surface area contributed by atoms with Gasteiger partial charge >= 0.3 is 0 Å². The van der Waals surface area contributed by atoms with Crippen molar-refractivity contribution in [3.05, 3.63) is 83.9 Å². The topological polar surface area (TPSA) is 77.6 Å². The summed E-state index contributed by atoms with van der Waals surface area (Å²) in [7, 11) is 4.00. The van der Waals surface area contributed by atoms with Crippen LogP contribution in [0.2, 0.25) is 0 Å². The molecular weight excluding hydrogens is 348 g/mol. The molecular formula is C23H22N4O. The zero-order chi connectivity index (χ0) is 19.7. The summed E-state index contributed by atoms with van der Waals surface area (Å²) < 4.78 is 0. The summed E-state index contributed by atoms with van der Waals surface area (Å²) >= 11 is 0. The van der Waals surface area contributed by atoms with Gasteiger partial charge in [-0.05, 0) is 42.5 Å². The van der Waals surface area contributed by atoms with Gasteiger partial charge in [0, 0.05) is 41.9 Å². The van der Waals surface area contributed by atoms with Crippen LogP contribution in [0.1, 0.15) is 11.1 Å². The number of aromatic nitrogens is 1. The van der Waals surface area contributed by atoms with Crippen LogP contribution in [0.5, 0.6) is 5.88 Å². The molecule has 0 aliphatic heterocycles. The molecule has 5 heteroatoms. The zero-order valence-corrected chi connectivity index (χ0v) is 15.8. The normalized spacial score (nSPS) is 11.7. The Morgan fingerprint density at radius 2 is 1.68 bits per heavy atom. The lowest BCUT2D eigenvalue weighted by Gasteiger charge is -2.12. The average molecular weight is 370 g/mol. The number of hydrogen-bond acceptors (Lipinski definition) is 4. The van der Waals surface area contributed by atoms with Crippen LogP contribution >= 0.6 is 0 Å². The Labute approximate surface area is 163 Å². The van der Waals surface area contributed by atoms with E-state index in [1.807, 2.05) is 85.7 Å². The van der Waals surface area contributed by atoms with Crippen molar-refractivity contribution >= 4 is 33.7 Å². The Hall–Kier alpha value is -3.73. The van der Waals surface area contributed by atoms with Crippen molar-refractivity contribution in [2.75, 3.05) is 24.7 Å². The van der Waals surface area contributed by atoms with E-state index < -0.39 is 0 Å². The molecule has 140 valence electrons. The summed E-state index contributed by atoms with van der Waals surface area (Å²) in [4.78, 5) is 9.96. The fourth-order valence-corrected chi connectivity index (χ4v) is 3.25. The van der Waals surface area contributed by atoms with Crippen molar-refractivity contribution < 1.29 is 5.11 Å². The number of aromatic amines is 1.